The average molecular weight is 310 g/mol. The number of imidazole rings is 1. The van der Waals surface area contributed by atoms with Crippen molar-refractivity contribution in [3.05, 3.63) is 34.6 Å². The Balaban J connectivity index is 2.12. The van der Waals surface area contributed by atoms with Crippen LogP contribution in [0.2, 0.25) is 10.0 Å². The predicted molar refractivity (Wildman–Crippen MR) is 76.4 cm³/mol. The largest absolute Gasteiger partial charge is 0.397 e. The third-order valence-electron chi connectivity index (χ3n) is 2.80. The van der Waals surface area contributed by atoms with E-state index < -0.39 is 0 Å². The van der Waals surface area contributed by atoms with Crippen molar-refractivity contribution in [2.45, 2.75) is 0 Å². The number of rotatable bonds is 2. The normalized spacial score (nSPS) is 10.9. The zero-order chi connectivity index (χ0) is 14.3. The predicted octanol–water partition coefficient (Wildman–Crippen LogP) is 3.03. The molecule has 0 spiro atoms. The zero-order valence-corrected chi connectivity index (χ0v) is 11.9. The highest BCUT2D eigenvalue weighted by Gasteiger charge is 2.19. The van der Waals surface area contributed by atoms with Crippen LogP contribution in [0.5, 0.6) is 0 Å². The monoisotopic (exact) mass is 309 g/mol. The average Bonchev–Trinajstić information content (AvgIpc) is 3.03. The third kappa shape index (κ3) is 2.03. The van der Waals surface area contributed by atoms with Crippen LogP contribution in [0.4, 0.5) is 5.69 Å². The maximum absolute atomic E-state index is 6.11. The second-order valence-corrected chi connectivity index (χ2v) is 4.92. The van der Waals surface area contributed by atoms with Crippen molar-refractivity contribution in [2.75, 3.05) is 5.73 Å². The molecule has 0 aliphatic rings. The first kappa shape index (κ1) is 13.0. The summed E-state index contributed by atoms with van der Waals surface area (Å²) in [7, 11) is 1.83. The van der Waals surface area contributed by atoms with Gasteiger partial charge in [0, 0.05) is 19.4 Å². The Morgan fingerprint density at radius 3 is 2.70 bits per heavy atom. The summed E-state index contributed by atoms with van der Waals surface area (Å²) >= 11 is 12.1. The van der Waals surface area contributed by atoms with Crippen molar-refractivity contribution >= 4 is 28.9 Å². The summed E-state index contributed by atoms with van der Waals surface area (Å²) in [6, 6.07) is 3.24. The summed E-state index contributed by atoms with van der Waals surface area (Å²) in [5.74, 6) is 1.13. The fourth-order valence-electron chi connectivity index (χ4n) is 1.78. The van der Waals surface area contributed by atoms with Gasteiger partial charge in [0.05, 0.1) is 21.3 Å². The molecule has 0 radical (unpaired) electrons. The van der Waals surface area contributed by atoms with Crippen LogP contribution >= 0.6 is 23.2 Å². The van der Waals surface area contributed by atoms with E-state index in [9.17, 15) is 0 Å². The van der Waals surface area contributed by atoms with Gasteiger partial charge in [0.25, 0.3) is 5.89 Å². The summed E-state index contributed by atoms with van der Waals surface area (Å²) < 4.78 is 6.98. The lowest BCUT2D eigenvalue weighted by molar-refractivity contribution is 0.432. The Labute approximate surface area is 124 Å². The molecule has 0 amide bonds. The number of nitrogens with zero attached hydrogens (tertiary/aromatic N) is 4. The summed E-state index contributed by atoms with van der Waals surface area (Å²) in [5.41, 5.74) is 6.63. The minimum Gasteiger partial charge on any atom is -0.397 e. The van der Waals surface area contributed by atoms with Gasteiger partial charge in [-0.05, 0) is 12.1 Å². The summed E-state index contributed by atoms with van der Waals surface area (Å²) in [5, 5.41) is 4.65. The van der Waals surface area contributed by atoms with Gasteiger partial charge < -0.3 is 14.8 Å². The Hall–Kier alpha value is -2.05. The lowest BCUT2D eigenvalue weighted by Crippen LogP contribution is -1.94. The van der Waals surface area contributed by atoms with Crippen LogP contribution < -0.4 is 5.73 Å². The molecule has 2 N–H and O–H groups in total. The molecule has 102 valence electrons. The molecule has 6 nitrogen and oxygen atoms in total. The van der Waals surface area contributed by atoms with Crippen LogP contribution in [0.15, 0.2) is 29.0 Å². The Bertz CT molecular complexity index is 780. The summed E-state index contributed by atoms with van der Waals surface area (Å²) in [6.45, 7) is 0. The van der Waals surface area contributed by atoms with Crippen molar-refractivity contribution in [1.29, 1.82) is 0 Å². The van der Waals surface area contributed by atoms with Gasteiger partial charge in [0.2, 0.25) is 5.82 Å². The van der Waals surface area contributed by atoms with E-state index in [0.717, 1.165) is 0 Å². The number of halogens is 2. The van der Waals surface area contributed by atoms with E-state index in [1.54, 1.807) is 29.1 Å². The van der Waals surface area contributed by atoms with Gasteiger partial charge in [-0.3, -0.25) is 0 Å². The lowest BCUT2D eigenvalue weighted by atomic mass is 10.2. The van der Waals surface area contributed by atoms with E-state index in [2.05, 4.69) is 15.1 Å². The van der Waals surface area contributed by atoms with E-state index in [1.807, 2.05) is 7.05 Å². The summed E-state index contributed by atoms with van der Waals surface area (Å²) in [6.07, 6.45) is 3.43. The standard InChI is InChI=1S/C12H9Cl2N5O/c1-19-5-4-16-11(19)10-17-12(20-18-10)8-6(13)2-3-7(14)9(8)15/h2-5H,15H2,1H3. The van der Waals surface area contributed by atoms with E-state index in [-0.39, 0.29) is 5.89 Å². The fraction of sp³-hybridized carbons (Fsp3) is 0.0833. The van der Waals surface area contributed by atoms with Crippen LogP contribution in [-0.2, 0) is 7.05 Å². The van der Waals surface area contributed by atoms with Gasteiger partial charge in [-0.2, -0.15) is 4.98 Å². The number of hydrogen-bond acceptors (Lipinski definition) is 5. The zero-order valence-electron chi connectivity index (χ0n) is 10.3. The highest BCUT2D eigenvalue weighted by Crippen LogP contribution is 2.37. The molecule has 0 aliphatic heterocycles. The SMILES string of the molecule is Cn1ccnc1-c1noc(-c2c(Cl)ccc(Cl)c2N)n1. The first-order valence-electron chi connectivity index (χ1n) is 5.63. The van der Waals surface area contributed by atoms with Crippen LogP contribution in [0.1, 0.15) is 0 Å². The van der Waals surface area contributed by atoms with Gasteiger partial charge in [-0.1, -0.05) is 28.4 Å². The van der Waals surface area contributed by atoms with Crippen molar-refractivity contribution in [3.63, 3.8) is 0 Å². The van der Waals surface area contributed by atoms with Gasteiger partial charge in [-0.25, -0.2) is 4.98 Å². The Morgan fingerprint density at radius 1 is 1.25 bits per heavy atom. The molecule has 0 saturated carbocycles. The van der Waals surface area contributed by atoms with Crippen LogP contribution in [0.3, 0.4) is 0 Å². The highest BCUT2D eigenvalue weighted by atomic mass is 35.5. The highest BCUT2D eigenvalue weighted by molar-refractivity contribution is 6.37. The molecule has 20 heavy (non-hydrogen) atoms. The molecule has 1 aromatic carbocycles. The van der Waals surface area contributed by atoms with Gasteiger partial charge in [0.15, 0.2) is 5.82 Å². The van der Waals surface area contributed by atoms with E-state index in [1.165, 1.54) is 0 Å². The number of anilines is 1. The van der Waals surface area contributed by atoms with Crippen LogP contribution in [0.25, 0.3) is 23.1 Å². The molecule has 0 fully saturated rings. The molecule has 0 saturated heterocycles. The van der Waals surface area contributed by atoms with Crippen molar-refractivity contribution in [3.8, 4) is 23.1 Å². The molecule has 8 heteroatoms. The molecule has 0 unspecified atom stereocenters. The van der Waals surface area contributed by atoms with Crippen molar-refractivity contribution in [1.82, 2.24) is 19.7 Å². The Morgan fingerprint density at radius 2 is 2.00 bits per heavy atom. The van der Waals surface area contributed by atoms with Crippen LogP contribution in [-0.4, -0.2) is 19.7 Å². The minimum absolute atomic E-state index is 0.202. The van der Waals surface area contributed by atoms with Gasteiger partial charge >= 0.3 is 0 Å². The third-order valence-corrected chi connectivity index (χ3v) is 3.45. The van der Waals surface area contributed by atoms with Crippen LogP contribution in [0, 0.1) is 0 Å². The molecule has 2 heterocycles. The molecule has 3 aromatic rings. The maximum atomic E-state index is 6.11. The fourth-order valence-corrected chi connectivity index (χ4v) is 2.18. The first-order valence-corrected chi connectivity index (χ1v) is 6.38. The topological polar surface area (TPSA) is 82.8 Å². The van der Waals surface area contributed by atoms with Crippen molar-refractivity contribution < 1.29 is 4.52 Å². The smallest absolute Gasteiger partial charge is 0.262 e. The van der Waals surface area contributed by atoms with Crippen molar-refractivity contribution in [2.24, 2.45) is 7.05 Å². The summed E-state index contributed by atoms with van der Waals surface area (Å²) in [4.78, 5) is 8.41. The number of hydrogen-bond donors (Lipinski definition) is 1. The van der Waals surface area contributed by atoms with E-state index in [0.29, 0.717) is 32.9 Å². The maximum Gasteiger partial charge on any atom is 0.262 e. The second kappa shape index (κ2) is 4.81. The van der Waals surface area contributed by atoms with Gasteiger partial charge in [0.1, 0.15) is 0 Å². The first-order chi connectivity index (χ1) is 9.58. The van der Waals surface area contributed by atoms with E-state index >= 15 is 0 Å². The molecule has 0 aliphatic carbocycles. The molecule has 0 bridgehead atoms. The number of aryl methyl sites for hydroxylation is 1. The number of nitrogens with two attached hydrogens (primary N) is 1. The quantitative estimate of drug-likeness (QED) is 0.736. The lowest BCUT2D eigenvalue weighted by Gasteiger charge is -2.04. The van der Waals surface area contributed by atoms with E-state index in [4.69, 9.17) is 33.5 Å². The Kier molecular flexibility index (Phi) is 3.11. The molecule has 3 rings (SSSR count). The number of aromatic nitrogens is 4. The number of benzene rings is 1. The van der Waals surface area contributed by atoms with Gasteiger partial charge in [-0.15, -0.1) is 0 Å². The number of nitrogen functional groups attached to an aromatic ring is 1. The molecular formula is C12H9Cl2N5O. The molecular weight excluding hydrogens is 301 g/mol. The minimum atomic E-state index is 0.202. The molecule has 2 aromatic heterocycles. The second-order valence-electron chi connectivity index (χ2n) is 4.10. The molecule has 0 atom stereocenters.